The predicted octanol–water partition coefficient (Wildman–Crippen LogP) is 6.35. The molecule has 9 heteroatoms. The Bertz CT molecular complexity index is 816. The number of alkyl halides is 3. The van der Waals surface area contributed by atoms with E-state index in [1.807, 2.05) is 20.8 Å². The molecule has 0 fully saturated rings. The van der Waals surface area contributed by atoms with Gasteiger partial charge in [-0.15, -0.1) is 0 Å². The molecule has 0 amide bonds. The quantitative estimate of drug-likeness (QED) is 0.280. The number of halogens is 3. The second kappa shape index (κ2) is 11.8. The first-order chi connectivity index (χ1) is 14.3. The third-order valence-electron chi connectivity index (χ3n) is 4.14. The summed E-state index contributed by atoms with van der Waals surface area (Å²) in [6.07, 6.45) is 2.87. The van der Waals surface area contributed by atoms with Crippen molar-refractivity contribution in [2.45, 2.75) is 52.3 Å². The molecule has 0 aliphatic heterocycles. The summed E-state index contributed by atoms with van der Waals surface area (Å²) in [7, 11) is 0. The smallest absolute Gasteiger partial charge is 0.420 e. The van der Waals surface area contributed by atoms with Crippen molar-refractivity contribution >= 4 is 22.6 Å². The van der Waals surface area contributed by atoms with Crippen molar-refractivity contribution in [2.75, 3.05) is 17.7 Å². The summed E-state index contributed by atoms with van der Waals surface area (Å²) in [4.78, 5) is 12.8. The number of ether oxygens (including phenoxy) is 1. The average molecular weight is 441 g/mol. The molecule has 0 spiro atoms. The van der Waals surface area contributed by atoms with Gasteiger partial charge in [-0.1, -0.05) is 38.5 Å². The normalized spacial score (nSPS) is 13.2. The maximum atomic E-state index is 13.6. The fraction of sp³-hybridized carbons (Fsp3) is 0.476. The Balaban J connectivity index is 2.22. The Morgan fingerprint density at radius 2 is 2.03 bits per heavy atom. The Labute approximate surface area is 179 Å². The molecule has 1 N–H and O–H groups in total. The van der Waals surface area contributed by atoms with Gasteiger partial charge in [-0.25, -0.2) is 0 Å². The number of aliphatic imine (C=N–C) groups is 1. The summed E-state index contributed by atoms with van der Waals surface area (Å²) in [6, 6.07) is 3.71. The standard InChI is InChI=1S/C21H27F3N4OS/c1-4-6-7-12-29-19-9-8-16(13-17(19)21(22,23)24)28-20(30-5-2)27-15(3)18-14-25-10-11-26-18/h8-11,13-15H,4-7,12H2,1-3H3,(H,27,28). The summed E-state index contributed by atoms with van der Waals surface area (Å²) in [6.45, 7) is 6.09. The number of nitrogens with zero attached hydrogens (tertiary/aromatic N) is 3. The molecule has 0 aliphatic carbocycles. The van der Waals surface area contributed by atoms with E-state index in [0.29, 0.717) is 22.3 Å². The third-order valence-corrected chi connectivity index (χ3v) is 4.91. The van der Waals surface area contributed by atoms with Crippen LogP contribution in [0.2, 0.25) is 0 Å². The third kappa shape index (κ3) is 7.51. The fourth-order valence-electron chi connectivity index (χ4n) is 2.62. The van der Waals surface area contributed by atoms with E-state index >= 15 is 0 Å². The van der Waals surface area contributed by atoms with E-state index in [-0.39, 0.29) is 18.4 Å². The van der Waals surface area contributed by atoms with E-state index in [9.17, 15) is 13.2 Å². The lowest BCUT2D eigenvalue weighted by Gasteiger charge is -2.17. The van der Waals surface area contributed by atoms with Crippen LogP contribution in [0.25, 0.3) is 0 Å². The van der Waals surface area contributed by atoms with Crippen LogP contribution in [0.1, 0.15) is 57.3 Å². The van der Waals surface area contributed by atoms with E-state index in [1.165, 1.54) is 17.8 Å². The van der Waals surface area contributed by atoms with Gasteiger partial charge >= 0.3 is 6.18 Å². The van der Waals surface area contributed by atoms with E-state index in [4.69, 9.17) is 4.74 Å². The number of hydrogen-bond acceptors (Lipinski definition) is 5. The molecule has 1 atom stereocenters. The van der Waals surface area contributed by atoms with Gasteiger partial charge < -0.3 is 10.1 Å². The monoisotopic (exact) mass is 440 g/mol. The van der Waals surface area contributed by atoms with Crippen molar-refractivity contribution < 1.29 is 17.9 Å². The molecule has 2 rings (SSSR count). The van der Waals surface area contributed by atoms with Crippen molar-refractivity contribution in [3.63, 3.8) is 0 Å². The van der Waals surface area contributed by atoms with Crippen molar-refractivity contribution in [1.29, 1.82) is 0 Å². The predicted molar refractivity (Wildman–Crippen MR) is 116 cm³/mol. The molecule has 2 aromatic rings. The molecule has 164 valence electrons. The van der Waals surface area contributed by atoms with Crippen LogP contribution in [0.4, 0.5) is 18.9 Å². The van der Waals surface area contributed by atoms with Gasteiger partial charge in [0.05, 0.1) is 30.1 Å². The van der Waals surface area contributed by atoms with Gasteiger partial charge in [0.2, 0.25) is 0 Å². The molecular formula is C21H27F3N4OS. The average Bonchev–Trinajstić information content (AvgIpc) is 2.72. The van der Waals surface area contributed by atoms with Gasteiger partial charge in [0, 0.05) is 18.1 Å². The first kappa shape index (κ1) is 24.0. The highest BCUT2D eigenvalue weighted by Gasteiger charge is 2.34. The maximum Gasteiger partial charge on any atom is 0.420 e. The lowest BCUT2D eigenvalue weighted by molar-refractivity contribution is -0.138. The lowest BCUT2D eigenvalue weighted by Crippen LogP contribution is -2.13. The Morgan fingerprint density at radius 1 is 1.23 bits per heavy atom. The number of amidine groups is 1. The first-order valence-electron chi connectivity index (χ1n) is 9.92. The van der Waals surface area contributed by atoms with Gasteiger partial charge in [0.1, 0.15) is 5.75 Å². The van der Waals surface area contributed by atoms with Gasteiger partial charge in [-0.2, -0.15) is 13.2 Å². The van der Waals surface area contributed by atoms with Gasteiger partial charge in [0.25, 0.3) is 0 Å². The summed E-state index contributed by atoms with van der Waals surface area (Å²) in [5, 5.41) is 3.52. The van der Waals surface area contributed by atoms with Crippen molar-refractivity contribution in [3.8, 4) is 5.75 Å². The second-order valence-corrected chi connectivity index (χ2v) is 7.82. The Kier molecular flexibility index (Phi) is 9.42. The van der Waals surface area contributed by atoms with Crippen LogP contribution in [0.5, 0.6) is 5.75 Å². The minimum absolute atomic E-state index is 0.154. The lowest BCUT2D eigenvalue weighted by atomic mass is 10.1. The van der Waals surface area contributed by atoms with E-state index in [2.05, 4.69) is 20.3 Å². The molecule has 1 unspecified atom stereocenters. The Hall–Kier alpha value is -2.29. The molecule has 0 radical (unpaired) electrons. The highest BCUT2D eigenvalue weighted by molar-refractivity contribution is 8.14. The van der Waals surface area contributed by atoms with Crippen LogP contribution >= 0.6 is 11.8 Å². The summed E-state index contributed by atoms with van der Waals surface area (Å²) in [5.74, 6) is 0.558. The van der Waals surface area contributed by atoms with Gasteiger partial charge in [-0.3, -0.25) is 15.0 Å². The molecular weight excluding hydrogens is 413 g/mol. The number of unbranched alkanes of at least 4 members (excludes halogenated alkanes) is 2. The summed E-state index contributed by atoms with van der Waals surface area (Å²) in [5.41, 5.74) is 0.182. The fourth-order valence-corrected chi connectivity index (χ4v) is 3.32. The highest BCUT2D eigenvalue weighted by Crippen LogP contribution is 2.38. The number of benzene rings is 1. The van der Waals surface area contributed by atoms with Crippen molar-refractivity contribution in [3.05, 3.63) is 48.0 Å². The molecule has 1 aromatic heterocycles. The number of aromatic nitrogens is 2. The molecule has 1 heterocycles. The van der Waals surface area contributed by atoms with Crippen LogP contribution < -0.4 is 10.1 Å². The largest absolute Gasteiger partial charge is 0.493 e. The highest BCUT2D eigenvalue weighted by atomic mass is 32.2. The minimum atomic E-state index is -4.51. The Morgan fingerprint density at radius 3 is 2.67 bits per heavy atom. The number of nitrogens with one attached hydrogen (secondary N) is 1. The number of anilines is 1. The number of hydrogen-bond donors (Lipinski definition) is 1. The molecule has 0 saturated heterocycles. The molecule has 30 heavy (non-hydrogen) atoms. The van der Waals surface area contributed by atoms with Crippen LogP contribution in [-0.2, 0) is 6.18 Å². The zero-order valence-corrected chi connectivity index (χ0v) is 18.2. The second-order valence-electron chi connectivity index (χ2n) is 6.56. The molecule has 0 bridgehead atoms. The van der Waals surface area contributed by atoms with E-state index < -0.39 is 11.7 Å². The van der Waals surface area contributed by atoms with Crippen molar-refractivity contribution in [1.82, 2.24) is 9.97 Å². The summed E-state index contributed by atoms with van der Waals surface area (Å²) < 4.78 is 46.1. The van der Waals surface area contributed by atoms with Crippen LogP contribution in [0, 0.1) is 0 Å². The van der Waals surface area contributed by atoms with Crippen LogP contribution in [0.3, 0.4) is 0 Å². The van der Waals surface area contributed by atoms with Gasteiger partial charge in [0.15, 0.2) is 5.17 Å². The maximum absolute atomic E-state index is 13.6. The molecule has 1 aromatic carbocycles. The number of thioether (sulfide) groups is 1. The zero-order valence-electron chi connectivity index (χ0n) is 17.4. The van der Waals surface area contributed by atoms with E-state index in [0.717, 1.165) is 25.3 Å². The van der Waals surface area contributed by atoms with Crippen molar-refractivity contribution in [2.24, 2.45) is 4.99 Å². The molecule has 0 saturated carbocycles. The van der Waals surface area contributed by atoms with Gasteiger partial charge in [-0.05, 0) is 37.3 Å². The SMILES string of the molecule is CCCCCOc1ccc(NC(=NC(C)c2cnccn2)SCC)cc1C(F)(F)F. The zero-order chi connectivity index (χ0) is 22.0. The topological polar surface area (TPSA) is 59.4 Å². The molecule has 5 nitrogen and oxygen atoms in total. The van der Waals surface area contributed by atoms with Crippen LogP contribution in [-0.4, -0.2) is 27.5 Å². The van der Waals surface area contributed by atoms with E-state index in [1.54, 1.807) is 24.7 Å². The summed E-state index contributed by atoms with van der Waals surface area (Å²) >= 11 is 1.41. The van der Waals surface area contributed by atoms with Crippen LogP contribution in [0.15, 0.2) is 41.8 Å². The number of rotatable bonds is 9. The minimum Gasteiger partial charge on any atom is -0.493 e. The molecule has 0 aliphatic rings. The first-order valence-corrected chi connectivity index (χ1v) is 10.9.